The number of carbonyl (C=O) groups is 2. The number of amidine groups is 1. The van der Waals surface area contributed by atoms with Crippen LogP contribution in [0.2, 0.25) is 0 Å². The number of alkyl carbamates (subject to hydrolysis) is 1. The van der Waals surface area contributed by atoms with Gasteiger partial charge in [0.05, 0.1) is 11.6 Å². The van der Waals surface area contributed by atoms with E-state index in [1.54, 1.807) is 6.92 Å². The lowest BCUT2D eigenvalue weighted by Gasteiger charge is -2.41. The van der Waals surface area contributed by atoms with E-state index in [9.17, 15) is 14.7 Å². The fraction of sp³-hybridized carbons (Fsp3) is 0.464. The van der Waals surface area contributed by atoms with Gasteiger partial charge in [-0.25, -0.2) is 4.79 Å². The molecule has 1 heterocycles. The van der Waals surface area contributed by atoms with Crippen molar-refractivity contribution in [1.29, 1.82) is 0 Å². The van der Waals surface area contributed by atoms with Gasteiger partial charge in [-0.2, -0.15) is 0 Å². The third kappa shape index (κ3) is 6.11. The molecule has 9 heteroatoms. The zero-order chi connectivity index (χ0) is 26.6. The zero-order valence-electron chi connectivity index (χ0n) is 21.5. The molecular formula is C28H35N3O6. The molecule has 4 N–H and O–H groups in total. The van der Waals surface area contributed by atoms with Crippen molar-refractivity contribution in [3.63, 3.8) is 0 Å². The van der Waals surface area contributed by atoms with E-state index < -0.39 is 17.3 Å². The average molecular weight is 510 g/mol. The number of nitrogens with one attached hydrogen (secondary N) is 1. The van der Waals surface area contributed by atoms with Gasteiger partial charge in [0.15, 0.2) is 11.4 Å². The van der Waals surface area contributed by atoms with E-state index in [2.05, 4.69) is 10.3 Å². The highest BCUT2D eigenvalue weighted by atomic mass is 16.6. The summed E-state index contributed by atoms with van der Waals surface area (Å²) in [7, 11) is 1.52. The third-order valence-corrected chi connectivity index (χ3v) is 7.37. The van der Waals surface area contributed by atoms with Gasteiger partial charge in [0.25, 0.3) is 0 Å². The van der Waals surface area contributed by atoms with E-state index in [1.807, 2.05) is 48.5 Å². The van der Waals surface area contributed by atoms with Gasteiger partial charge in [-0.3, -0.25) is 9.79 Å². The molecule has 198 valence electrons. The van der Waals surface area contributed by atoms with Crippen LogP contribution in [0.15, 0.2) is 53.5 Å². The van der Waals surface area contributed by atoms with Crippen LogP contribution in [0.3, 0.4) is 0 Å². The topological polar surface area (TPSA) is 132 Å². The number of Topliss-reactive ketones (excluding diaryl/α,β-unsaturated/α-hetero) is 1. The molecule has 0 spiro atoms. The first-order chi connectivity index (χ1) is 17.6. The first kappa shape index (κ1) is 26.6. The Bertz CT molecular complexity index is 1160. The Labute approximate surface area is 217 Å². The SMILES string of the molecule is CO[C@](C)(C(C)=O)[C@H]1CCc2cc(C(N)=NC3CC(O)(CNC(=O)OCc4ccccc4)C3)ccc2O1. The molecule has 0 saturated heterocycles. The first-order valence-electron chi connectivity index (χ1n) is 12.5. The Morgan fingerprint density at radius 1 is 1.24 bits per heavy atom. The van der Waals surface area contributed by atoms with Gasteiger partial charge >= 0.3 is 6.09 Å². The Morgan fingerprint density at radius 3 is 2.65 bits per heavy atom. The van der Waals surface area contributed by atoms with Gasteiger partial charge in [-0.15, -0.1) is 0 Å². The van der Waals surface area contributed by atoms with E-state index in [0.29, 0.717) is 30.8 Å². The molecule has 2 atom stereocenters. The summed E-state index contributed by atoms with van der Waals surface area (Å²) in [6.45, 7) is 3.53. The van der Waals surface area contributed by atoms with Crippen molar-refractivity contribution < 1.29 is 28.9 Å². The van der Waals surface area contributed by atoms with Crippen molar-refractivity contribution in [3.05, 3.63) is 65.2 Å². The van der Waals surface area contributed by atoms with Crippen LogP contribution in [0.4, 0.5) is 4.79 Å². The highest BCUT2D eigenvalue weighted by Gasteiger charge is 2.44. The first-order valence-corrected chi connectivity index (χ1v) is 12.5. The Balaban J connectivity index is 1.27. The molecule has 0 radical (unpaired) electrons. The van der Waals surface area contributed by atoms with E-state index in [0.717, 1.165) is 23.1 Å². The number of aliphatic hydroxyl groups is 1. The number of ketones is 1. The maximum Gasteiger partial charge on any atom is 0.407 e. The number of benzene rings is 2. The molecule has 1 amide bonds. The van der Waals surface area contributed by atoms with Crippen LogP contribution in [0.25, 0.3) is 0 Å². The van der Waals surface area contributed by atoms with Crippen molar-refractivity contribution in [1.82, 2.24) is 5.32 Å². The van der Waals surface area contributed by atoms with Crippen molar-refractivity contribution in [2.75, 3.05) is 13.7 Å². The Kier molecular flexibility index (Phi) is 7.85. The van der Waals surface area contributed by atoms with E-state index >= 15 is 0 Å². The number of aryl methyl sites for hydroxylation is 1. The van der Waals surface area contributed by atoms with Crippen LogP contribution >= 0.6 is 0 Å². The second-order valence-electron chi connectivity index (χ2n) is 10.1. The summed E-state index contributed by atoms with van der Waals surface area (Å²) in [5, 5.41) is 13.3. The summed E-state index contributed by atoms with van der Waals surface area (Å²) in [5.74, 6) is 1.02. The molecule has 2 aliphatic rings. The van der Waals surface area contributed by atoms with Gasteiger partial charge in [-0.1, -0.05) is 30.3 Å². The van der Waals surface area contributed by atoms with E-state index in [1.165, 1.54) is 14.0 Å². The van der Waals surface area contributed by atoms with Crippen LogP contribution in [0, 0.1) is 0 Å². The Hall–Kier alpha value is -3.43. The number of carbonyl (C=O) groups excluding carboxylic acids is 2. The maximum atomic E-state index is 12.1. The zero-order valence-corrected chi connectivity index (χ0v) is 21.5. The second-order valence-corrected chi connectivity index (χ2v) is 10.1. The molecule has 1 saturated carbocycles. The molecule has 9 nitrogen and oxygen atoms in total. The number of methoxy groups -OCH3 is 1. The van der Waals surface area contributed by atoms with E-state index in [-0.39, 0.29) is 31.1 Å². The molecule has 1 aliphatic carbocycles. The number of hydrogen-bond acceptors (Lipinski definition) is 7. The lowest BCUT2D eigenvalue weighted by Crippen LogP contribution is -2.54. The molecule has 4 rings (SSSR count). The molecule has 2 aromatic rings. The quantitative estimate of drug-likeness (QED) is 0.350. The average Bonchev–Trinajstić information content (AvgIpc) is 2.89. The number of aliphatic imine (C=N–C) groups is 1. The second kappa shape index (κ2) is 10.9. The number of nitrogens with two attached hydrogens (primary N) is 1. The standard InChI is InChI=1S/C28H35N3O6/c1-18(32)27(2,35-3)24-12-10-20-13-21(9-11-23(20)37-24)25(29)31-22-14-28(34,15-22)17-30-26(33)36-16-19-7-5-4-6-8-19/h4-9,11,13,22,24,34H,10,12,14-17H2,1-3H3,(H2,29,31)(H,30,33)/t22?,24-,27-,28?/m1/s1. The number of rotatable bonds is 9. The number of amides is 1. The summed E-state index contributed by atoms with van der Waals surface area (Å²) in [6.07, 6.45) is 1.22. The predicted molar refractivity (Wildman–Crippen MR) is 139 cm³/mol. The Morgan fingerprint density at radius 2 is 1.97 bits per heavy atom. The smallest absolute Gasteiger partial charge is 0.407 e. The molecule has 0 unspecified atom stereocenters. The van der Waals surface area contributed by atoms with Crippen LogP contribution in [0.5, 0.6) is 5.75 Å². The summed E-state index contributed by atoms with van der Waals surface area (Å²) in [4.78, 5) is 28.6. The summed E-state index contributed by atoms with van der Waals surface area (Å²) >= 11 is 0. The van der Waals surface area contributed by atoms with Gasteiger partial charge in [-0.05, 0) is 56.0 Å². The molecule has 2 aromatic carbocycles. The van der Waals surface area contributed by atoms with Crippen LogP contribution < -0.4 is 15.8 Å². The lowest BCUT2D eigenvalue weighted by atomic mass is 9.76. The van der Waals surface area contributed by atoms with E-state index in [4.69, 9.17) is 19.9 Å². The van der Waals surface area contributed by atoms with Crippen molar-refractivity contribution in [2.24, 2.45) is 10.7 Å². The molecule has 37 heavy (non-hydrogen) atoms. The minimum Gasteiger partial charge on any atom is -0.487 e. The molecular weight excluding hydrogens is 474 g/mol. The summed E-state index contributed by atoms with van der Waals surface area (Å²) < 4.78 is 16.8. The van der Waals surface area contributed by atoms with Gasteiger partial charge < -0.3 is 30.4 Å². The van der Waals surface area contributed by atoms with Crippen LogP contribution in [0.1, 0.15) is 49.8 Å². The number of ether oxygens (including phenoxy) is 3. The highest BCUT2D eigenvalue weighted by molar-refractivity contribution is 5.98. The minimum absolute atomic E-state index is 0.0730. The maximum absolute atomic E-state index is 12.1. The minimum atomic E-state index is -1.04. The third-order valence-electron chi connectivity index (χ3n) is 7.37. The van der Waals surface area contributed by atoms with Crippen LogP contribution in [-0.4, -0.2) is 59.8 Å². The summed E-state index contributed by atoms with van der Waals surface area (Å²) in [6, 6.07) is 14.9. The highest BCUT2D eigenvalue weighted by Crippen LogP contribution is 2.36. The van der Waals surface area contributed by atoms with Crippen molar-refractivity contribution in [2.45, 2.75) is 69.5 Å². The molecule has 0 aromatic heterocycles. The van der Waals surface area contributed by atoms with Crippen LogP contribution in [-0.2, 0) is 27.3 Å². The normalized spacial score (nSPS) is 24.6. The monoisotopic (exact) mass is 509 g/mol. The number of nitrogens with zero attached hydrogens (tertiary/aromatic N) is 1. The van der Waals surface area contributed by atoms with Crippen molar-refractivity contribution >= 4 is 17.7 Å². The lowest BCUT2D eigenvalue weighted by molar-refractivity contribution is -0.149. The number of fused-ring (bicyclic) bond motifs is 1. The van der Waals surface area contributed by atoms with Gasteiger partial charge in [0.1, 0.15) is 24.3 Å². The molecule has 0 bridgehead atoms. The van der Waals surface area contributed by atoms with Crippen molar-refractivity contribution in [3.8, 4) is 5.75 Å². The fourth-order valence-corrected chi connectivity index (χ4v) is 4.77. The molecule has 1 fully saturated rings. The largest absolute Gasteiger partial charge is 0.487 e. The fourth-order valence-electron chi connectivity index (χ4n) is 4.77. The van der Waals surface area contributed by atoms with Gasteiger partial charge in [0, 0.05) is 32.1 Å². The number of hydrogen-bond donors (Lipinski definition) is 3. The summed E-state index contributed by atoms with van der Waals surface area (Å²) in [5.41, 5.74) is 6.91. The molecule has 1 aliphatic heterocycles. The van der Waals surface area contributed by atoms with Gasteiger partial charge in [0.2, 0.25) is 0 Å². The predicted octanol–water partition coefficient (Wildman–Crippen LogP) is 2.90.